The molecule has 0 aliphatic carbocycles. The SMILES string of the molecule is Nc1cc(NC(Cc2ccncc2)C2CCCN2)nc2nc(-c3ccco3)nn12. The summed E-state index contributed by atoms with van der Waals surface area (Å²) in [5.74, 6) is 2.61. The summed E-state index contributed by atoms with van der Waals surface area (Å²) in [5.41, 5.74) is 7.46. The Hall–Kier alpha value is -3.46. The van der Waals surface area contributed by atoms with E-state index in [1.807, 2.05) is 24.5 Å². The first-order chi connectivity index (χ1) is 14.3. The second-order valence-electron chi connectivity index (χ2n) is 7.20. The van der Waals surface area contributed by atoms with Crippen molar-refractivity contribution in [3.63, 3.8) is 0 Å². The van der Waals surface area contributed by atoms with Crippen LogP contribution in [-0.2, 0) is 6.42 Å². The fourth-order valence-corrected chi connectivity index (χ4v) is 3.79. The molecule has 1 aliphatic rings. The maximum atomic E-state index is 6.23. The molecule has 1 saturated heterocycles. The van der Waals surface area contributed by atoms with E-state index in [4.69, 9.17) is 10.2 Å². The molecule has 4 N–H and O–H groups in total. The smallest absolute Gasteiger partial charge is 0.256 e. The van der Waals surface area contributed by atoms with Crippen molar-refractivity contribution in [3.05, 3.63) is 54.6 Å². The van der Waals surface area contributed by atoms with E-state index in [1.165, 1.54) is 16.5 Å². The summed E-state index contributed by atoms with van der Waals surface area (Å²) in [7, 11) is 0. The summed E-state index contributed by atoms with van der Waals surface area (Å²) >= 11 is 0. The Labute approximate surface area is 167 Å². The van der Waals surface area contributed by atoms with Crippen LogP contribution in [0.1, 0.15) is 18.4 Å². The van der Waals surface area contributed by atoms with Gasteiger partial charge in [0, 0.05) is 30.5 Å². The van der Waals surface area contributed by atoms with Gasteiger partial charge in [-0.2, -0.15) is 14.5 Å². The third-order valence-electron chi connectivity index (χ3n) is 5.20. The molecule has 2 unspecified atom stereocenters. The first kappa shape index (κ1) is 17.6. The number of nitrogens with two attached hydrogens (primary N) is 1. The van der Waals surface area contributed by atoms with Crippen LogP contribution < -0.4 is 16.4 Å². The Bertz CT molecular complexity index is 1090. The van der Waals surface area contributed by atoms with Crippen LogP contribution in [-0.4, -0.2) is 43.2 Å². The normalized spacial score (nSPS) is 17.6. The molecule has 0 amide bonds. The Morgan fingerprint density at radius 3 is 2.93 bits per heavy atom. The Balaban J connectivity index is 1.44. The number of fused-ring (bicyclic) bond motifs is 1. The number of anilines is 2. The molecule has 0 saturated carbocycles. The topological polar surface area (TPSA) is 119 Å². The molecule has 4 aromatic heterocycles. The lowest BCUT2D eigenvalue weighted by Gasteiger charge is -2.26. The molecule has 5 rings (SSSR count). The fraction of sp³-hybridized carbons (Fsp3) is 0.300. The van der Waals surface area contributed by atoms with Crippen molar-refractivity contribution in [1.82, 2.24) is 29.9 Å². The summed E-state index contributed by atoms with van der Waals surface area (Å²) in [6.45, 7) is 1.03. The third-order valence-corrected chi connectivity index (χ3v) is 5.20. The number of furan rings is 1. The van der Waals surface area contributed by atoms with Gasteiger partial charge in [-0.3, -0.25) is 4.98 Å². The molecule has 5 heterocycles. The minimum atomic E-state index is 0.168. The highest BCUT2D eigenvalue weighted by Crippen LogP contribution is 2.22. The van der Waals surface area contributed by atoms with Crippen LogP contribution in [0.25, 0.3) is 17.4 Å². The van der Waals surface area contributed by atoms with Gasteiger partial charge < -0.3 is 20.8 Å². The zero-order valence-corrected chi connectivity index (χ0v) is 15.8. The maximum absolute atomic E-state index is 6.23. The van der Waals surface area contributed by atoms with Gasteiger partial charge in [-0.15, -0.1) is 5.10 Å². The number of rotatable bonds is 6. The Kier molecular flexibility index (Phi) is 4.57. The van der Waals surface area contributed by atoms with E-state index in [1.54, 1.807) is 24.5 Å². The number of nitrogens with one attached hydrogen (secondary N) is 2. The van der Waals surface area contributed by atoms with E-state index in [9.17, 15) is 0 Å². The van der Waals surface area contributed by atoms with Crippen molar-refractivity contribution >= 4 is 17.4 Å². The lowest BCUT2D eigenvalue weighted by atomic mass is 9.99. The van der Waals surface area contributed by atoms with Crippen molar-refractivity contribution in [2.24, 2.45) is 0 Å². The van der Waals surface area contributed by atoms with Crippen molar-refractivity contribution < 1.29 is 4.42 Å². The minimum Gasteiger partial charge on any atom is -0.461 e. The van der Waals surface area contributed by atoms with E-state index in [0.717, 1.165) is 19.4 Å². The first-order valence-electron chi connectivity index (χ1n) is 9.72. The van der Waals surface area contributed by atoms with Gasteiger partial charge in [0.15, 0.2) is 5.76 Å². The predicted molar refractivity (Wildman–Crippen MR) is 109 cm³/mol. The lowest BCUT2D eigenvalue weighted by Crippen LogP contribution is -2.42. The highest BCUT2D eigenvalue weighted by Gasteiger charge is 2.25. The Morgan fingerprint density at radius 2 is 2.17 bits per heavy atom. The molecule has 29 heavy (non-hydrogen) atoms. The van der Waals surface area contributed by atoms with E-state index in [-0.39, 0.29) is 6.04 Å². The van der Waals surface area contributed by atoms with Crippen LogP contribution >= 0.6 is 0 Å². The number of nitrogens with zero attached hydrogens (tertiary/aromatic N) is 5. The van der Waals surface area contributed by atoms with Gasteiger partial charge in [0.25, 0.3) is 5.78 Å². The molecule has 0 aromatic carbocycles. The quantitative estimate of drug-likeness (QED) is 0.458. The zero-order chi connectivity index (χ0) is 19.6. The fourth-order valence-electron chi connectivity index (χ4n) is 3.79. The number of hydrogen-bond acceptors (Lipinski definition) is 8. The van der Waals surface area contributed by atoms with Gasteiger partial charge >= 0.3 is 0 Å². The van der Waals surface area contributed by atoms with E-state index in [0.29, 0.717) is 35.0 Å². The number of pyridine rings is 1. The molecular formula is C20H22N8O. The summed E-state index contributed by atoms with van der Waals surface area (Å²) in [6.07, 6.45) is 8.38. The van der Waals surface area contributed by atoms with Gasteiger partial charge in [-0.25, -0.2) is 0 Å². The average molecular weight is 390 g/mol. The van der Waals surface area contributed by atoms with Crippen molar-refractivity contribution in [3.8, 4) is 11.6 Å². The van der Waals surface area contributed by atoms with Gasteiger partial charge in [-0.1, -0.05) is 0 Å². The van der Waals surface area contributed by atoms with E-state index in [2.05, 4.69) is 30.7 Å². The summed E-state index contributed by atoms with van der Waals surface area (Å²) < 4.78 is 6.90. The highest BCUT2D eigenvalue weighted by atomic mass is 16.3. The van der Waals surface area contributed by atoms with E-state index >= 15 is 0 Å². The average Bonchev–Trinajstić information content (AvgIpc) is 3.48. The lowest BCUT2D eigenvalue weighted by molar-refractivity contribution is 0.506. The van der Waals surface area contributed by atoms with Crippen LogP contribution in [0.2, 0.25) is 0 Å². The zero-order valence-electron chi connectivity index (χ0n) is 15.8. The molecule has 1 fully saturated rings. The number of aromatic nitrogens is 5. The number of hydrogen-bond donors (Lipinski definition) is 3. The van der Waals surface area contributed by atoms with E-state index < -0.39 is 0 Å². The standard InChI is InChI=1S/C20H22N8O/c21-17-12-18(25-20-26-19(27-28(17)20)16-4-2-10-29-16)24-15(14-3-1-7-23-14)11-13-5-8-22-9-6-13/h2,4-6,8-10,12,14-15,23H,1,3,7,11,21H2,(H,24,25,26,27). The summed E-state index contributed by atoms with van der Waals surface area (Å²) in [5, 5.41) is 11.6. The van der Waals surface area contributed by atoms with Gasteiger partial charge in [-0.05, 0) is 55.6 Å². The van der Waals surface area contributed by atoms with Crippen LogP contribution in [0, 0.1) is 0 Å². The second kappa shape index (κ2) is 7.51. The van der Waals surface area contributed by atoms with Crippen molar-refractivity contribution in [2.45, 2.75) is 31.3 Å². The molecule has 0 spiro atoms. The Morgan fingerprint density at radius 1 is 1.28 bits per heavy atom. The maximum Gasteiger partial charge on any atom is 0.256 e. The minimum absolute atomic E-state index is 0.168. The van der Waals surface area contributed by atoms with Crippen LogP contribution in [0.4, 0.5) is 11.6 Å². The molecule has 9 heteroatoms. The molecule has 2 atom stereocenters. The van der Waals surface area contributed by atoms with Crippen molar-refractivity contribution in [1.29, 1.82) is 0 Å². The van der Waals surface area contributed by atoms with Gasteiger partial charge in [0.1, 0.15) is 11.6 Å². The molecule has 148 valence electrons. The van der Waals surface area contributed by atoms with Crippen LogP contribution in [0.5, 0.6) is 0 Å². The monoisotopic (exact) mass is 390 g/mol. The molecular weight excluding hydrogens is 368 g/mol. The third kappa shape index (κ3) is 3.64. The number of nitrogen functional groups attached to an aromatic ring is 1. The van der Waals surface area contributed by atoms with Gasteiger partial charge in [0.2, 0.25) is 5.82 Å². The molecule has 9 nitrogen and oxygen atoms in total. The molecule has 4 aromatic rings. The highest BCUT2D eigenvalue weighted by molar-refractivity contribution is 5.57. The largest absolute Gasteiger partial charge is 0.461 e. The van der Waals surface area contributed by atoms with Gasteiger partial charge in [0.05, 0.1) is 6.26 Å². The summed E-state index contributed by atoms with van der Waals surface area (Å²) in [6, 6.07) is 10.0. The molecule has 0 bridgehead atoms. The first-order valence-corrected chi connectivity index (χ1v) is 9.72. The van der Waals surface area contributed by atoms with Crippen LogP contribution in [0.15, 0.2) is 53.4 Å². The van der Waals surface area contributed by atoms with Crippen LogP contribution in [0.3, 0.4) is 0 Å². The predicted octanol–water partition coefficient (Wildman–Crippen LogP) is 2.14. The summed E-state index contributed by atoms with van der Waals surface area (Å²) in [4.78, 5) is 13.2. The van der Waals surface area contributed by atoms with Crippen molar-refractivity contribution in [2.75, 3.05) is 17.6 Å². The molecule has 0 radical (unpaired) electrons. The molecule has 1 aliphatic heterocycles. The second-order valence-corrected chi connectivity index (χ2v) is 7.20.